The van der Waals surface area contributed by atoms with Crippen LogP contribution < -0.4 is 10.6 Å². The van der Waals surface area contributed by atoms with Crippen LogP contribution in [-0.2, 0) is 11.2 Å². The molecule has 3 heterocycles. The first-order valence-corrected chi connectivity index (χ1v) is 10.6. The van der Waals surface area contributed by atoms with Gasteiger partial charge in [0.05, 0.1) is 11.8 Å². The Morgan fingerprint density at radius 2 is 2.03 bits per heavy atom. The molecule has 0 radical (unpaired) electrons. The fraction of sp³-hybridized carbons (Fsp3) is 0.174. The average molecular weight is 463 g/mol. The molecular formula is C23H23ClN8O. The number of anilines is 1. The van der Waals surface area contributed by atoms with Gasteiger partial charge in [-0.1, -0.05) is 23.7 Å². The zero-order chi connectivity index (χ0) is 23.2. The van der Waals surface area contributed by atoms with Crippen molar-refractivity contribution >= 4 is 29.4 Å². The van der Waals surface area contributed by atoms with Gasteiger partial charge in [-0.15, -0.1) is 10.2 Å². The largest absolute Gasteiger partial charge is 0.376 e. The van der Waals surface area contributed by atoms with Crippen LogP contribution in [0.25, 0.3) is 16.9 Å². The molecule has 0 saturated carbocycles. The number of hydrogen-bond donors (Lipinski definition) is 3. The first-order chi connectivity index (χ1) is 16.1. The van der Waals surface area contributed by atoms with Crippen LogP contribution in [0.15, 0.2) is 66.8 Å². The molecule has 0 bridgehead atoms. The van der Waals surface area contributed by atoms with Gasteiger partial charge < -0.3 is 20.8 Å². The second kappa shape index (κ2) is 10.2. The Labute approximate surface area is 196 Å². The third-order valence-electron chi connectivity index (χ3n) is 5.09. The highest BCUT2D eigenvalue weighted by Gasteiger charge is 2.16. The molecule has 4 rings (SSSR count). The summed E-state index contributed by atoms with van der Waals surface area (Å²) >= 11 is 6.01. The highest BCUT2D eigenvalue weighted by atomic mass is 35.5. The smallest absolute Gasteiger partial charge is 0.228 e. The quantitative estimate of drug-likeness (QED) is 0.323. The Kier molecular flexibility index (Phi) is 6.92. The monoisotopic (exact) mass is 462 g/mol. The van der Waals surface area contributed by atoms with E-state index in [1.54, 1.807) is 26.4 Å². The molecule has 0 aliphatic heterocycles. The molecule has 9 nitrogen and oxygen atoms in total. The number of rotatable bonds is 9. The second-order valence-electron chi connectivity index (χ2n) is 7.13. The van der Waals surface area contributed by atoms with Gasteiger partial charge in [0, 0.05) is 49.8 Å². The minimum atomic E-state index is -0.166. The summed E-state index contributed by atoms with van der Waals surface area (Å²) in [6.45, 7) is 0. The Bertz CT molecular complexity index is 1290. The van der Waals surface area contributed by atoms with Crippen LogP contribution in [0.5, 0.6) is 0 Å². The van der Waals surface area contributed by atoms with Gasteiger partial charge in [0.25, 0.3) is 0 Å². The summed E-state index contributed by atoms with van der Waals surface area (Å²) in [5.41, 5.74) is 3.35. The van der Waals surface area contributed by atoms with Crippen LogP contribution in [0.3, 0.4) is 0 Å². The lowest BCUT2D eigenvalue weighted by atomic mass is 10.1. The molecule has 0 spiro atoms. The number of hydrogen-bond acceptors (Lipinski definition) is 8. The molecule has 4 aromatic rings. The highest BCUT2D eigenvalue weighted by Crippen LogP contribution is 2.24. The molecule has 1 unspecified atom stereocenters. The van der Waals surface area contributed by atoms with Crippen LogP contribution in [0.4, 0.5) is 5.95 Å². The summed E-state index contributed by atoms with van der Waals surface area (Å²) in [5.74, 6) is 1.83. The van der Waals surface area contributed by atoms with Crippen molar-refractivity contribution < 1.29 is 4.74 Å². The van der Waals surface area contributed by atoms with Crippen LogP contribution in [0, 0.1) is 5.41 Å². The van der Waals surface area contributed by atoms with Gasteiger partial charge >= 0.3 is 0 Å². The minimum absolute atomic E-state index is 0.166. The van der Waals surface area contributed by atoms with E-state index in [0.717, 1.165) is 22.6 Å². The molecule has 1 aromatic carbocycles. The fourth-order valence-electron chi connectivity index (χ4n) is 3.39. The van der Waals surface area contributed by atoms with Crippen molar-refractivity contribution in [1.29, 1.82) is 5.41 Å². The number of halogens is 1. The molecule has 0 aliphatic carbocycles. The minimum Gasteiger partial charge on any atom is -0.376 e. The van der Waals surface area contributed by atoms with Crippen LogP contribution in [0.1, 0.15) is 17.5 Å². The van der Waals surface area contributed by atoms with Gasteiger partial charge in [-0.25, -0.2) is 9.97 Å². The van der Waals surface area contributed by atoms with E-state index < -0.39 is 0 Å². The molecule has 1 atom stereocenters. The van der Waals surface area contributed by atoms with Crippen molar-refractivity contribution in [2.75, 3.05) is 19.5 Å². The first kappa shape index (κ1) is 22.4. The molecule has 10 heteroatoms. The molecule has 3 aromatic heterocycles. The Balaban J connectivity index is 1.58. The topological polar surface area (TPSA) is 113 Å². The van der Waals surface area contributed by atoms with E-state index in [4.69, 9.17) is 21.7 Å². The van der Waals surface area contributed by atoms with Crippen LogP contribution in [-0.4, -0.2) is 44.9 Å². The number of allylic oxidation sites excluding steroid dienone is 1. The molecule has 0 amide bonds. The number of aromatic nitrogens is 5. The summed E-state index contributed by atoms with van der Waals surface area (Å²) in [6, 6.07) is 13.3. The van der Waals surface area contributed by atoms with Gasteiger partial charge in [-0.2, -0.15) is 0 Å². The Morgan fingerprint density at radius 3 is 2.76 bits per heavy atom. The van der Waals surface area contributed by atoms with E-state index in [1.807, 2.05) is 53.1 Å². The van der Waals surface area contributed by atoms with Crippen molar-refractivity contribution in [3.05, 3.63) is 83.2 Å². The third kappa shape index (κ3) is 5.16. The number of methoxy groups -OCH3 is 1. The SMILES string of the molecule is CN/C(=C\C=N)Nc1nccc(-c2ccn3c(CC(OC)c4ccc(Cl)cc4)nnc3c2)n1. The maximum atomic E-state index is 7.22. The van der Waals surface area contributed by atoms with E-state index in [9.17, 15) is 0 Å². The summed E-state index contributed by atoms with van der Waals surface area (Å²) in [5, 5.41) is 22.6. The fourth-order valence-corrected chi connectivity index (χ4v) is 3.52. The summed E-state index contributed by atoms with van der Waals surface area (Å²) in [7, 11) is 3.43. The van der Waals surface area contributed by atoms with Crippen LogP contribution in [0.2, 0.25) is 5.02 Å². The van der Waals surface area contributed by atoms with Gasteiger partial charge in [0.1, 0.15) is 11.6 Å². The highest BCUT2D eigenvalue weighted by molar-refractivity contribution is 6.30. The number of pyridine rings is 1. The second-order valence-corrected chi connectivity index (χ2v) is 7.56. The Morgan fingerprint density at radius 1 is 1.21 bits per heavy atom. The van der Waals surface area contributed by atoms with Gasteiger partial charge in [0.15, 0.2) is 5.65 Å². The number of nitrogens with one attached hydrogen (secondary N) is 3. The lowest BCUT2D eigenvalue weighted by Gasteiger charge is -2.15. The van der Waals surface area contributed by atoms with E-state index in [1.165, 1.54) is 6.21 Å². The number of nitrogens with zero attached hydrogens (tertiary/aromatic N) is 5. The maximum absolute atomic E-state index is 7.22. The lowest BCUT2D eigenvalue weighted by molar-refractivity contribution is 0.102. The van der Waals surface area contributed by atoms with Gasteiger partial charge in [-0.3, -0.25) is 4.40 Å². The summed E-state index contributed by atoms with van der Waals surface area (Å²) < 4.78 is 7.63. The average Bonchev–Trinajstić information content (AvgIpc) is 3.25. The van der Waals surface area contributed by atoms with E-state index in [-0.39, 0.29) is 6.10 Å². The zero-order valence-corrected chi connectivity index (χ0v) is 18.9. The third-order valence-corrected chi connectivity index (χ3v) is 5.34. The lowest BCUT2D eigenvalue weighted by Crippen LogP contribution is -2.16. The molecular weight excluding hydrogens is 440 g/mol. The maximum Gasteiger partial charge on any atom is 0.228 e. The van der Waals surface area contributed by atoms with Crippen molar-refractivity contribution in [2.24, 2.45) is 0 Å². The predicted octanol–water partition coefficient (Wildman–Crippen LogP) is 3.89. The summed E-state index contributed by atoms with van der Waals surface area (Å²) in [4.78, 5) is 8.81. The van der Waals surface area contributed by atoms with Crippen molar-refractivity contribution in [1.82, 2.24) is 29.9 Å². The molecule has 0 aliphatic rings. The number of fused-ring (bicyclic) bond motifs is 1. The molecule has 168 valence electrons. The standard InChI is InChI=1S/C23H23ClN8O/c1-26-20(7-10-25)29-23-27-11-8-18(28-23)16-9-12-32-21(13-16)30-31-22(32)14-19(33-2)15-3-5-17(24)6-4-15/h3-13,19,25-26H,14H2,1-2H3,(H,27,28,29)/b20-7+,25-10?. The van der Waals surface area contributed by atoms with Crippen LogP contribution >= 0.6 is 11.6 Å². The van der Waals surface area contributed by atoms with Crippen molar-refractivity contribution in [3.63, 3.8) is 0 Å². The Hall–Kier alpha value is -3.82. The summed E-state index contributed by atoms with van der Waals surface area (Å²) in [6.07, 6.45) is 6.76. The van der Waals surface area contributed by atoms with E-state index >= 15 is 0 Å². The normalized spacial score (nSPS) is 12.5. The predicted molar refractivity (Wildman–Crippen MR) is 128 cm³/mol. The number of ether oxygens (including phenoxy) is 1. The van der Waals surface area contributed by atoms with E-state index in [2.05, 4.69) is 30.8 Å². The van der Waals surface area contributed by atoms with Crippen molar-refractivity contribution in [2.45, 2.75) is 12.5 Å². The molecule has 0 fully saturated rings. The van der Waals surface area contributed by atoms with E-state index in [0.29, 0.717) is 28.9 Å². The first-order valence-electron chi connectivity index (χ1n) is 10.2. The number of benzene rings is 1. The van der Waals surface area contributed by atoms with Crippen molar-refractivity contribution in [3.8, 4) is 11.3 Å². The molecule has 33 heavy (non-hydrogen) atoms. The zero-order valence-electron chi connectivity index (χ0n) is 18.2. The van der Waals surface area contributed by atoms with Gasteiger partial charge in [0.2, 0.25) is 5.95 Å². The van der Waals surface area contributed by atoms with Gasteiger partial charge in [-0.05, 0) is 42.0 Å². The molecule has 0 saturated heterocycles. The molecule has 3 N–H and O–H groups in total.